The van der Waals surface area contributed by atoms with Crippen LogP contribution in [0.1, 0.15) is 61.7 Å². The van der Waals surface area contributed by atoms with Gasteiger partial charge >= 0.3 is 0 Å². The number of halogens is 1. The Labute approximate surface area is 172 Å². The van der Waals surface area contributed by atoms with Crippen LogP contribution in [0.5, 0.6) is 5.75 Å². The van der Waals surface area contributed by atoms with Gasteiger partial charge in [-0.1, -0.05) is 11.6 Å². The highest BCUT2D eigenvalue weighted by Gasteiger charge is 2.50. The Hall–Kier alpha value is -1.26. The minimum atomic E-state index is -0.0646. The van der Waals surface area contributed by atoms with Gasteiger partial charge in [-0.3, -0.25) is 4.79 Å². The quantitative estimate of drug-likeness (QED) is 0.740. The van der Waals surface area contributed by atoms with Crippen molar-refractivity contribution in [3.8, 4) is 5.75 Å². The predicted molar refractivity (Wildman–Crippen MR) is 111 cm³/mol. The number of hydrogen-bond donors (Lipinski definition) is 2. The molecule has 5 aliphatic rings. The third-order valence-electron chi connectivity index (χ3n) is 7.59. The van der Waals surface area contributed by atoms with E-state index in [2.05, 4.69) is 10.6 Å². The number of carbonyl (C=O) groups excluding carboxylic acids is 1. The molecular weight excluding hydrogens is 372 g/mol. The minimum Gasteiger partial charge on any atom is -0.492 e. The molecule has 4 saturated carbocycles. The summed E-state index contributed by atoms with van der Waals surface area (Å²) >= 11 is 6.34. The van der Waals surface area contributed by atoms with Crippen molar-refractivity contribution in [2.75, 3.05) is 19.7 Å². The van der Waals surface area contributed by atoms with Gasteiger partial charge in [0, 0.05) is 12.6 Å². The smallest absolute Gasteiger partial charge is 0.252 e. The third kappa shape index (κ3) is 3.78. The number of nitrogens with one attached hydrogen (secondary N) is 2. The molecule has 0 radical (unpaired) electrons. The molecule has 1 atom stereocenters. The van der Waals surface area contributed by atoms with Gasteiger partial charge in [0.25, 0.3) is 5.91 Å². The van der Waals surface area contributed by atoms with Crippen LogP contribution in [0.3, 0.4) is 0 Å². The van der Waals surface area contributed by atoms with E-state index in [4.69, 9.17) is 16.3 Å². The molecule has 1 aliphatic heterocycles. The third-order valence-corrected chi connectivity index (χ3v) is 7.91. The van der Waals surface area contributed by atoms with Gasteiger partial charge in [-0.2, -0.15) is 0 Å². The lowest BCUT2D eigenvalue weighted by molar-refractivity contribution is -0.0503. The first-order chi connectivity index (χ1) is 13.6. The molecule has 1 aromatic carbocycles. The SMILES string of the molecule is O=C(NCC12CC3CC(CC(C3)C1)C2)c1cc(OC[C@@H]2CCCN2)ccc1Cl. The van der Waals surface area contributed by atoms with Crippen molar-refractivity contribution in [1.29, 1.82) is 0 Å². The fourth-order valence-electron chi connectivity index (χ4n) is 6.73. The monoisotopic (exact) mass is 402 g/mol. The molecule has 6 rings (SSSR count). The molecule has 4 aliphatic carbocycles. The Balaban J connectivity index is 1.22. The average molecular weight is 403 g/mol. The van der Waals surface area contributed by atoms with Crippen molar-refractivity contribution in [2.45, 2.75) is 57.4 Å². The Morgan fingerprint density at radius 3 is 2.54 bits per heavy atom. The number of ether oxygens (including phenoxy) is 1. The van der Waals surface area contributed by atoms with E-state index in [1.54, 1.807) is 12.1 Å². The molecule has 1 heterocycles. The van der Waals surface area contributed by atoms with Gasteiger partial charge in [0.05, 0.1) is 10.6 Å². The van der Waals surface area contributed by atoms with Crippen LogP contribution in [0.4, 0.5) is 0 Å². The van der Waals surface area contributed by atoms with Crippen molar-refractivity contribution in [3.63, 3.8) is 0 Å². The van der Waals surface area contributed by atoms with Crippen LogP contribution in [0.2, 0.25) is 5.02 Å². The summed E-state index contributed by atoms with van der Waals surface area (Å²) in [6.07, 6.45) is 10.5. The highest BCUT2D eigenvalue weighted by molar-refractivity contribution is 6.33. The van der Waals surface area contributed by atoms with Crippen LogP contribution in [0.15, 0.2) is 18.2 Å². The molecule has 5 heteroatoms. The van der Waals surface area contributed by atoms with Crippen molar-refractivity contribution in [1.82, 2.24) is 10.6 Å². The topological polar surface area (TPSA) is 50.4 Å². The van der Waals surface area contributed by atoms with Gasteiger partial charge in [0.15, 0.2) is 0 Å². The molecule has 0 aromatic heterocycles. The van der Waals surface area contributed by atoms with E-state index in [-0.39, 0.29) is 5.91 Å². The molecule has 0 spiro atoms. The van der Waals surface area contributed by atoms with E-state index in [9.17, 15) is 4.79 Å². The van der Waals surface area contributed by atoms with Crippen molar-refractivity contribution in [2.24, 2.45) is 23.2 Å². The van der Waals surface area contributed by atoms with Crippen LogP contribution in [0.25, 0.3) is 0 Å². The normalized spacial score (nSPS) is 35.9. The largest absolute Gasteiger partial charge is 0.492 e. The number of carbonyl (C=O) groups is 1. The molecule has 2 N–H and O–H groups in total. The summed E-state index contributed by atoms with van der Waals surface area (Å²) < 4.78 is 5.91. The Morgan fingerprint density at radius 2 is 1.89 bits per heavy atom. The van der Waals surface area contributed by atoms with Gasteiger partial charge in [-0.15, -0.1) is 0 Å². The number of amides is 1. The van der Waals surface area contributed by atoms with Crippen molar-refractivity contribution >= 4 is 17.5 Å². The summed E-state index contributed by atoms with van der Waals surface area (Å²) in [6.45, 7) is 2.49. The summed E-state index contributed by atoms with van der Waals surface area (Å²) in [5.74, 6) is 3.34. The van der Waals surface area contributed by atoms with E-state index < -0.39 is 0 Å². The second kappa shape index (κ2) is 7.53. The van der Waals surface area contributed by atoms with Crippen LogP contribution < -0.4 is 15.4 Å². The first-order valence-electron chi connectivity index (χ1n) is 11.0. The molecule has 1 saturated heterocycles. The van der Waals surface area contributed by atoms with Gasteiger partial charge in [0.1, 0.15) is 12.4 Å². The maximum atomic E-state index is 12.9. The van der Waals surface area contributed by atoms with Crippen LogP contribution in [-0.2, 0) is 0 Å². The van der Waals surface area contributed by atoms with Gasteiger partial charge in [-0.05, 0) is 99.3 Å². The molecule has 152 valence electrons. The van der Waals surface area contributed by atoms with E-state index in [1.165, 1.54) is 44.9 Å². The van der Waals surface area contributed by atoms with Gasteiger partial charge in [-0.25, -0.2) is 0 Å². The lowest BCUT2D eigenvalue weighted by Crippen LogP contribution is -2.51. The molecule has 0 unspecified atom stereocenters. The second-order valence-electron chi connectivity index (χ2n) is 9.85. The molecule has 4 bridgehead atoms. The molecule has 1 amide bonds. The lowest BCUT2D eigenvalue weighted by atomic mass is 9.49. The van der Waals surface area contributed by atoms with Gasteiger partial charge in [0.2, 0.25) is 0 Å². The van der Waals surface area contributed by atoms with E-state index >= 15 is 0 Å². The summed E-state index contributed by atoms with van der Waals surface area (Å²) in [5.41, 5.74) is 0.863. The molecule has 5 fully saturated rings. The predicted octanol–water partition coefficient (Wildman–Crippen LogP) is 4.42. The number of benzene rings is 1. The highest BCUT2D eigenvalue weighted by atomic mass is 35.5. The first-order valence-corrected chi connectivity index (χ1v) is 11.4. The fourth-order valence-corrected chi connectivity index (χ4v) is 6.94. The standard InChI is InChI=1S/C23H31ClN2O2/c24-21-4-3-19(28-13-18-2-1-5-25-18)9-20(21)22(27)26-14-23-10-15-6-16(11-23)8-17(7-15)12-23/h3-4,9,15-18,25H,1-2,5-8,10-14H2,(H,26,27)/t15?,16?,17?,18-,23?/m0/s1. The van der Waals surface area contributed by atoms with E-state index in [1.807, 2.05) is 6.07 Å². The summed E-state index contributed by atoms with van der Waals surface area (Å²) in [4.78, 5) is 12.9. The minimum absolute atomic E-state index is 0.0646. The average Bonchev–Trinajstić information content (AvgIpc) is 3.18. The maximum Gasteiger partial charge on any atom is 0.252 e. The Bertz CT molecular complexity index is 709. The maximum absolute atomic E-state index is 12.9. The number of rotatable bonds is 6. The second-order valence-corrected chi connectivity index (χ2v) is 10.3. The first kappa shape index (κ1) is 18.7. The lowest BCUT2D eigenvalue weighted by Gasteiger charge is -2.56. The Morgan fingerprint density at radius 1 is 1.18 bits per heavy atom. The molecular formula is C23H31ClN2O2. The zero-order valence-electron chi connectivity index (χ0n) is 16.5. The highest BCUT2D eigenvalue weighted by Crippen LogP contribution is 2.59. The van der Waals surface area contributed by atoms with Crippen LogP contribution in [-0.4, -0.2) is 31.6 Å². The fraction of sp³-hybridized carbons (Fsp3) is 0.696. The van der Waals surface area contributed by atoms with Crippen molar-refractivity contribution < 1.29 is 9.53 Å². The van der Waals surface area contributed by atoms with E-state index in [0.29, 0.717) is 28.6 Å². The summed E-state index contributed by atoms with van der Waals surface area (Å²) in [5, 5.41) is 7.15. The molecule has 4 nitrogen and oxygen atoms in total. The Kier molecular flexibility index (Phi) is 5.04. The molecule has 28 heavy (non-hydrogen) atoms. The summed E-state index contributed by atoms with van der Waals surface area (Å²) in [6, 6.07) is 5.84. The van der Waals surface area contributed by atoms with Crippen LogP contribution >= 0.6 is 11.6 Å². The van der Waals surface area contributed by atoms with E-state index in [0.717, 1.165) is 43.0 Å². The zero-order valence-corrected chi connectivity index (χ0v) is 17.3. The van der Waals surface area contributed by atoms with Crippen molar-refractivity contribution in [3.05, 3.63) is 28.8 Å². The number of hydrogen-bond acceptors (Lipinski definition) is 3. The summed E-state index contributed by atoms with van der Waals surface area (Å²) in [7, 11) is 0. The van der Waals surface area contributed by atoms with Crippen LogP contribution in [0, 0.1) is 23.2 Å². The molecule has 1 aromatic rings. The van der Waals surface area contributed by atoms with Gasteiger partial charge < -0.3 is 15.4 Å². The zero-order chi connectivity index (χ0) is 19.1.